The molecule has 0 saturated carbocycles. The Morgan fingerprint density at radius 2 is 1.84 bits per heavy atom. The topological polar surface area (TPSA) is 82.0 Å². The van der Waals surface area contributed by atoms with E-state index < -0.39 is 24.2 Å². The molecule has 1 atom stereocenters. The molecule has 6 nitrogen and oxygen atoms in total. The maximum atomic E-state index is 12.8. The molecule has 0 aromatic heterocycles. The molecular formula is C27H35F3N2O4S. The number of halogens is 3. The van der Waals surface area contributed by atoms with E-state index in [0.29, 0.717) is 22.9 Å². The molecule has 204 valence electrons. The van der Waals surface area contributed by atoms with E-state index in [0.717, 1.165) is 31.2 Å². The van der Waals surface area contributed by atoms with Gasteiger partial charge in [0.2, 0.25) is 0 Å². The van der Waals surface area contributed by atoms with Crippen LogP contribution in [0.5, 0.6) is 5.75 Å². The number of carbonyl (C=O) groups is 1. The van der Waals surface area contributed by atoms with Crippen molar-refractivity contribution in [3.8, 4) is 5.75 Å². The zero-order chi connectivity index (χ0) is 27.2. The number of aliphatic hydroxyl groups is 1. The van der Waals surface area contributed by atoms with Crippen molar-refractivity contribution in [3.05, 3.63) is 59.2 Å². The van der Waals surface area contributed by atoms with Crippen LogP contribution in [0.4, 0.5) is 13.2 Å². The molecule has 37 heavy (non-hydrogen) atoms. The van der Waals surface area contributed by atoms with Gasteiger partial charge in [0.1, 0.15) is 5.75 Å². The Kier molecular flexibility index (Phi) is 9.91. The van der Waals surface area contributed by atoms with Gasteiger partial charge in [-0.2, -0.15) is 0 Å². The monoisotopic (exact) mass is 540 g/mol. The van der Waals surface area contributed by atoms with Crippen molar-refractivity contribution < 1.29 is 32.9 Å². The summed E-state index contributed by atoms with van der Waals surface area (Å²) in [5, 5.41) is 23.0. The highest BCUT2D eigenvalue weighted by molar-refractivity contribution is 7.97. The fourth-order valence-electron chi connectivity index (χ4n) is 4.83. The van der Waals surface area contributed by atoms with E-state index in [1.165, 1.54) is 23.3 Å². The number of alkyl halides is 3. The van der Waals surface area contributed by atoms with Gasteiger partial charge in [-0.25, -0.2) is 4.31 Å². The number of hydrogen-bond donors (Lipinski definition) is 3. The Labute approximate surface area is 220 Å². The van der Waals surface area contributed by atoms with Gasteiger partial charge in [-0.15, -0.1) is 13.2 Å². The summed E-state index contributed by atoms with van der Waals surface area (Å²) in [5.41, 5.74) is 3.09. The number of benzene rings is 2. The normalized spacial score (nSPS) is 15.1. The van der Waals surface area contributed by atoms with Crippen LogP contribution in [-0.2, 0) is 24.1 Å². The fourth-order valence-corrected chi connectivity index (χ4v) is 5.81. The number of hydrogen-bond acceptors (Lipinski definition) is 6. The largest absolute Gasteiger partial charge is 0.573 e. The lowest BCUT2D eigenvalue weighted by Gasteiger charge is -2.31. The molecular weight excluding hydrogens is 505 g/mol. The zero-order valence-electron chi connectivity index (χ0n) is 21.3. The molecule has 3 N–H and O–H groups in total. The second-order valence-corrected chi connectivity index (χ2v) is 11.6. The molecule has 0 amide bonds. The average molecular weight is 541 g/mol. The van der Waals surface area contributed by atoms with Crippen LogP contribution in [-0.4, -0.2) is 58.6 Å². The number of fused-ring (bicyclic) bond motifs is 1. The molecule has 10 heteroatoms. The van der Waals surface area contributed by atoms with E-state index in [-0.39, 0.29) is 24.9 Å². The number of aliphatic hydroxyl groups excluding tert-OH is 1. The Morgan fingerprint density at radius 3 is 2.43 bits per heavy atom. The summed E-state index contributed by atoms with van der Waals surface area (Å²) in [6, 6.07) is 12.6. The van der Waals surface area contributed by atoms with Crippen LogP contribution in [0, 0.1) is 5.92 Å². The van der Waals surface area contributed by atoms with Gasteiger partial charge < -0.3 is 20.3 Å². The number of nitrogens with zero attached hydrogens (tertiary/aromatic N) is 1. The molecule has 0 radical (unpaired) electrons. The summed E-state index contributed by atoms with van der Waals surface area (Å²) in [5.74, 6) is -0.884. The first kappa shape index (κ1) is 29.3. The predicted molar refractivity (Wildman–Crippen MR) is 138 cm³/mol. The molecule has 0 fully saturated rings. The summed E-state index contributed by atoms with van der Waals surface area (Å²) < 4.78 is 44.1. The minimum absolute atomic E-state index is 0.0787. The van der Waals surface area contributed by atoms with Crippen molar-refractivity contribution in [1.82, 2.24) is 9.62 Å². The van der Waals surface area contributed by atoms with Gasteiger partial charge in [-0.1, -0.05) is 24.3 Å². The van der Waals surface area contributed by atoms with Gasteiger partial charge in [0.25, 0.3) is 0 Å². The SMILES string of the molecule is CN(C[C@H](O)CNC(C)(C)CC1Cc2ccccc2C1)Sc1cc(CCC(=O)O)cc(OC(F)(F)F)c1. The molecule has 2 aromatic carbocycles. The fraction of sp³-hybridized carbons (Fsp3) is 0.519. The van der Waals surface area contributed by atoms with E-state index in [1.807, 2.05) is 0 Å². The maximum absolute atomic E-state index is 12.8. The molecule has 0 spiro atoms. The first-order valence-electron chi connectivity index (χ1n) is 12.3. The summed E-state index contributed by atoms with van der Waals surface area (Å²) in [6.45, 7) is 4.91. The second-order valence-electron chi connectivity index (χ2n) is 10.3. The Morgan fingerprint density at radius 1 is 1.19 bits per heavy atom. The third kappa shape index (κ3) is 10.2. The first-order valence-corrected chi connectivity index (χ1v) is 13.1. The van der Waals surface area contributed by atoms with Crippen molar-refractivity contribution in [3.63, 3.8) is 0 Å². The van der Waals surface area contributed by atoms with Gasteiger partial charge in [-0.05, 0) is 99.3 Å². The van der Waals surface area contributed by atoms with E-state index in [9.17, 15) is 23.1 Å². The van der Waals surface area contributed by atoms with Crippen LogP contribution >= 0.6 is 11.9 Å². The Balaban J connectivity index is 1.51. The number of carboxylic acids is 1. The highest BCUT2D eigenvalue weighted by Gasteiger charge is 2.32. The molecule has 3 rings (SSSR count). The lowest BCUT2D eigenvalue weighted by atomic mass is 9.88. The molecule has 0 aliphatic heterocycles. The second kappa shape index (κ2) is 12.5. The number of rotatable bonds is 13. The average Bonchev–Trinajstić information content (AvgIpc) is 3.16. The summed E-state index contributed by atoms with van der Waals surface area (Å²) in [7, 11) is 1.74. The summed E-state index contributed by atoms with van der Waals surface area (Å²) >= 11 is 1.16. The Hall–Kier alpha value is -2.27. The lowest BCUT2D eigenvalue weighted by molar-refractivity contribution is -0.274. The number of aryl methyl sites for hydroxylation is 1. The van der Waals surface area contributed by atoms with Crippen LogP contribution in [0.2, 0.25) is 0 Å². The molecule has 2 aromatic rings. The van der Waals surface area contributed by atoms with Crippen molar-refractivity contribution in [1.29, 1.82) is 0 Å². The van der Waals surface area contributed by atoms with Crippen molar-refractivity contribution in [2.24, 2.45) is 5.92 Å². The third-order valence-corrected chi connectivity index (χ3v) is 7.19. The molecule has 1 aliphatic rings. The summed E-state index contributed by atoms with van der Waals surface area (Å²) in [4.78, 5) is 11.4. The van der Waals surface area contributed by atoms with E-state index >= 15 is 0 Å². The van der Waals surface area contributed by atoms with E-state index in [1.54, 1.807) is 17.4 Å². The molecule has 1 aliphatic carbocycles. The summed E-state index contributed by atoms with van der Waals surface area (Å²) in [6.07, 6.45) is -2.57. The molecule has 0 unspecified atom stereocenters. The molecule has 0 heterocycles. The van der Waals surface area contributed by atoms with Crippen molar-refractivity contribution in [2.75, 3.05) is 20.1 Å². The quantitative estimate of drug-likeness (QED) is 0.306. The number of likely N-dealkylation sites (N-methyl/N-ethyl adjacent to an activating group) is 1. The van der Waals surface area contributed by atoms with Crippen LogP contribution < -0.4 is 10.1 Å². The minimum atomic E-state index is -4.85. The Bertz CT molecular complexity index is 1040. The first-order chi connectivity index (χ1) is 17.3. The predicted octanol–water partition coefficient (Wildman–Crippen LogP) is 5.08. The smallest absolute Gasteiger partial charge is 0.481 e. The highest BCUT2D eigenvalue weighted by Crippen LogP contribution is 2.33. The van der Waals surface area contributed by atoms with Crippen molar-refractivity contribution >= 4 is 17.9 Å². The molecule has 0 bridgehead atoms. The van der Waals surface area contributed by atoms with Crippen molar-refractivity contribution in [2.45, 2.75) is 68.9 Å². The molecule has 0 saturated heterocycles. The van der Waals surface area contributed by atoms with Gasteiger partial charge >= 0.3 is 12.3 Å². The zero-order valence-corrected chi connectivity index (χ0v) is 22.2. The number of aliphatic carboxylic acids is 1. The minimum Gasteiger partial charge on any atom is -0.481 e. The van der Waals surface area contributed by atoms with E-state index in [2.05, 4.69) is 48.2 Å². The van der Waals surface area contributed by atoms with Gasteiger partial charge in [-0.3, -0.25) is 4.79 Å². The number of carboxylic acid groups (broad SMARTS) is 1. The number of β-amino-alcohol motifs (C(OH)–C–C–N with tert-alkyl or cyclic N) is 1. The van der Waals surface area contributed by atoms with Crippen LogP contribution in [0.1, 0.15) is 43.4 Å². The maximum Gasteiger partial charge on any atom is 0.573 e. The lowest BCUT2D eigenvalue weighted by Crippen LogP contribution is -2.46. The number of nitrogens with one attached hydrogen (secondary N) is 1. The van der Waals surface area contributed by atoms with Gasteiger partial charge in [0, 0.05) is 29.9 Å². The van der Waals surface area contributed by atoms with Gasteiger partial charge in [0.15, 0.2) is 0 Å². The van der Waals surface area contributed by atoms with Crippen LogP contribution in [0.15, 0.2) is 47.4 Å². The van der Waals surface area contributed by atoms with Crippen LogP contribution in [0.3, 0.4) is 0 Å². The highest BCUT2D eigenvalue weighted by atomic mass is 32.2. The van der Waals surface area contributed by atoms with Gasteiger partial charge in [0.05, 0.1) is 6.10 Å². The van der Waals surface area contributed by atoms with Crippen LogP contribution in [0.25, 0.3) is 0 Å². The standard InChI is InChI=1S/C27H35F3N2O4S/c1-26(2,15-19-10-20-6-4-5-7-21(20)11-19)31-16-22(33)17-32(3)37-24-13-18(8-9-25(34)35)12-23(14-24)36-27(28,29)30/h4-7,12-14,19,22,31,33H,8-11,15-17H2,1-3H3,(H,34,35)/t22-/m1/s1. The third-order valence-electron chi connectivity index (χ3n) is 6.28. The van der Waals surface area contributed by atoms with E-state index in [4.69, 9.17) is 5.11 Å². The number of ether oxygens (including phenoxy) is 1.